The lowest BCUT2D eigenvalue weighted by Crippen LogP contribution is -2.27. The molecule has 1 atom stereocenters. The summed E-state index contributed by atoms with van der Waals surface area (Å²) < 4.78 is 30.2. The minimum Gasteiger partial charge on any atom is -0.478 e. The van der Waals surface area contributed by atoms with E-state index in [1.165, 1.54) is 24.3 Å². The molecule has 5 aromatic carbocycles. The van der Waals surface area contributed by atoms with E-state index in [1.807, 2.05) is 36.4 Å². The molecule has 0 radical (unpaired) electrons. The van der Waals surface area contributed by atoms with Crippen LogP contribution in [0.2, 0.25) is 0 Å². The van der Waals surface area contributed by atoms with Crippen molar-refractivity contribution < 1.29 is 23.5 Å². The second-order valence-corrected chi connectivity index (χ2v) is 10.2. The minimum atomic E-state index is -1.04. The lowest BCUT2D eigenvalue weighted by molar-refractivity contribution is 0.0696. The smallest absolute Gasteiger partial charge is 0.335 e. The zero-order valence-electron chi connectivity index (χ0n) is 22.5. The summed E-state index contributed by atoms with van der Waals surface area (Å²) in [6, 6.07) is 26.6. The monoisotopic (exact) mass is 561 g/mol. The predicted molar refractivity (Wildman–Crippen MR) is 157 cm³/mol. The summed E-state index contributed by atoms with van der Waals surface area (Å²) in [5.41, 5.74) is 3.27. The number of carbonyl (C=O) groups excluding carboxylic acids is 1. The molecule has 0 saturated heterocycles. The Morgan fingerprint density at radius 3 is 2.38 bits per heavy atom. The van der Waals surface area contributed by atoms with Gasteiger partial charge in [0.25, 0.3) is 5.91 Å². The number of hydrogen-bond acceptors (Lipinski definition) is 3. The van der Waals surface area contributed by atoms with E-state index in [1.54, 1.807) is 42.1 Å². The lowest BCUT2D eigenvalue weighted by atomic mass is 9.98. The van der Waals surface area contributed by atoms with Gasteiger partial charge in [0, 0.05) is 17.0 Å². The third-order valence-electron chi connectivity index (χ3n) is 7.37. The van der Waals surface area contributed by atoms with Gasteiger partial charge in [-0.3, -0.25) is 9.48 Å². The fraction of sp³-hybridized carbons (Fsp3) is 0.0882. The molecule has 6 aromatic rings. The zero-order chi connectivity index (χ0) is 29.4. The van der Waals surface area contributed by atoms with Crippen molar-refractivity contribution in [1.29, 1.82) is 0 Å². The summed E-state index contributed by atoms with van der Waals surface area (Å²) in [6.07, 6.45) is 1.63. The van der Waals surface area contributed by atoms with E-state index in [2.05, 4.69) is 16.5 Å². The molecule has 0 spiro atoms. The van der Waals surface area contributed by atoms with E-state index < -0.39 is 29.6 Å². The molecule has 8 heteroatoms. The molecule has 6 nitrogen and oxygen atoms in total. The fourth-order valence-corrected chi connectivity index (χ4v) is 5.19. The molecule has 0 aliphatic rings. The van der Waals surface area contributed by atoms with Crippen molar-refractivity contribution in [3.63, 3.8) is 0 Å². The maximum Gasteiger partial charge on any atom is 0.335 e. The first-order valence-corrected chi connectivity index (χ1v) is 13.3. The molecule has 208 valence electrons. The van der Waals surface area contributed by atoms with Gasteiger partial charge in [-0.2, -0.15) is 5.10 Å². The van der Waals surface area contributed by atoms with Crippen LogP contribution in [-0.2, 0) is 6.54 Å². The molecule has 1 amide bonds. The van der Waals surface area contributed by atoms with Gasteiger partial charge >= 0.3 is 5.97 Å². The second kappa shape index (κ2) is 10.9. The largest absolute Gasteiger partial charge is 0.478 e. The highest BCUT2D eigenvalue weighted by atomic mass is 19.1. The summed E-state index contributed by atoms with van der Waals surface area (Å²) >= 11 is 0. The Hall–Kier alpha value is -5.37. The number of carboxylic acid groups (broad SMARTS) is 1. The second-order valence-electron chi connectivity index (χ2n) is 10.2. The molecule has 0 unspecified atom stereocenters. The molecule has 0 fully saturated rings. The van der Waals surface area contributed by atoms with E-state index in [-0.39, 0.29) is 16.7 Å². The van der Waals surface area contributed by atoms with Gasteiger partial charge in [0.15, 0.2) is 0 Å². The number of amides is 1. The van der Waals surface area contributed by atoms with E-state index in [4.69, 9.17) is 0 Å². The van der Waals surface area contributed by atoms with Crippen molar-refractivity contribution in [2.75, 3.05) is 0 Å². The van der Waals surface area contributed by atoms with Gasteiger partial charge in [-0.25, -0.2) is 13.6 Å². The van der Waals surface area contributed by atoms with Gasteiger partial charge in [-0.05, 0) is 76.9 Å². The van der Waals surface area contributed by atoms with Crippen molar-refractivity contribution in [2.24, 2.45) is 0 Å². The van der Waals surface area contributed by atoms with Crippen LogP contribution < -0.4 is 5.32 Å². The van der Waals surface area contributed by atoms with Gasteiger partial charge in [-0.15, -0.1) is 0 Å². The number of nitrogens with one attached hydrogen (secondary N) is 1. The number of benzene rings is 5. The van der Waals surface area contributed by atoms with Crippen LogP contribution in [0, 0.1) is 11.6 Å². The summed E-state index contributed by atoms with van der Waals surface area (Å²) in [6.45, 7) is 2.19. The highest BCUT2D eigenvalue weighted by molar-refractivity contribution is 6.07. The molecule has 0 bridgehead atoms. The van der Waals surface area contributed by atoms with Gasteiger partial charge in [-0.1, -0.05) is 48.5 Å². The van der Waals surface area contributed by atoms with Gasteiger partial charge < -0.3 is 10.4 Å². The van der Waals surface area contributed by atoms with Gasteiger partial charge in [0.2, 0.25) is 0 Å². The standard InChI is InChI=1S/C34H25F2N3O3/c1-20(22-8-10-24(11-9-22)34(41)42)38-33(40)30-16-26(29-13-12-28(35)17-31(29)36)15-27-18-37-39(32(27)30)19-21-6-7-23-4-2-3-5-25(23)14-21/h2-18,20H,19H2,1H3,(H,38,40)(H,41,42)/t20-/m0/s1. The number of carbonyl (C=O) groups is 2. The van der Waals surface area contributed by atoms with Crippen LogP contribution in [-0.4, -0.2) is 26.8 Å². The van der Waals surface area contributed by atoms with Crippen molar-refractivity contribution in [3.05, 3.63) is 137 Å². The third-order valence-corrected chi connectivity index (χ3v) is 7.37. The van der Waals surface area contributed by atoms with E-state index in [0.29, 0.717) is 23.0 Å². The normalized spacial score (nSPS) is 12.0. The molecular weight excluding hydrogens is 536 g/mol. The average molecular weight is 562 g/mol. The highest BCUT2D eigenvalue weighted by Crippen LogP contribution is 2.31. The number of fused-ring (bicyclic) bond motifs is 2. The van der Waals surface area contributed by atoms with Gasteiger partial charge in [0.1, 0.15) is 11.6 Å². The number of rotatable bonds is 7. The van der Waals surface area contributed by atoms with Crippen LogP contribution in [0.15, 0.2) is 103 Å². The Balaban J connectivity index is 1.41. The Morgan fingerprint density at radius 1 is 0.881 bits per heavy atom. The number of aromatic carboxylic acids is 1. The van der Waals surface area contributed by atoms with Crippen LogP contribution in [0.1, 0.15) is 44.8 Å². The minimum absolute atomic E-state index is 0.144. The molecule has 42 heavy (non-hydrogen) atoms. The fourth-order valence-electron chi connectivity index (χ4n) is 5.19. The average Bonchev–Trinajstić information content (AvgIpc) is 3.39. The third kappa shape index (κ3) is 5.22. The highest BCUT2D eigenvalue weighted by Gasteiger charge is 2.21. The maximum atomic E-state index is 14.8. The van der Waals surface area contributed by atoms with Crippen LogP contribution in [0.5, 0.6) is 0 Å². The van der Waals surface area contributed by atoms with Crippen LogP contribution >= 0.6 is 0 Å². The molecule has 2 N–H and O–H groups in total. The first-order chi connectivity index (χ1) is 20.3. The Morgan fingerprint density at radius 2 is 1.64 bits per heavy atom. The van der Waals surface area contributed by atoms with Crippen molar-refractivity contribution in [3.8, 4) is 11.1 Å². The quantitative estimate of drug-likeness (QED) is 0.213. The first-order valence-electron chi connectivity index (χ1n) is 13.3. The number of carboxylic acids is 1. The lowest BCUT2D eigenvalue weighted by Gasteiger charge is -2.17. The van der Waals surface area contributed by atoms with Crippen LogP contribution in [0.3, 0.4) is 0 Å². The molecule has 6 rings (SSSR count). The molecule has 0 aliphatic carbocycles. The van der Waals surface area contributed by atoms with Crippen LogP contribution in [0.4, 0.5) is 8.78 Å². The SMILES string of the molecule is C[C@H](NC(=O)c1cc(-c2ccc(F)cc2F)cc2cnn(Cc3ccc4ccccc4c3)c12)c1ccc(C(=O)O)cc1. The number of nitrogens with zero attached hydrogens (tertiary/aromatic N) is 2. The van der Waals surface area contributed by atoms with E-state index in [9.17, 15) is 23.5 Å². The van der Waals surface area contributed by atoms with Gasteiger partial charge in [0.05, 0.1) is 35.4 Å². The van der Waals surface area contributed by atoms with Crippen LogP contribution in [0.25, 0.3) is 32.8 Å². The molecule has 0 aliphatic heterocycles. The Labute approximate surface area is 239 Å². The molecule has 1 heterocycles. The molecular formula is C34H25F2N3O3. The summed E-state index contributed by atoms with van der Waals surface area (Å²) in [5.74, 6) is -2.89. The van der Waals surface area contributed by atoms with Crippen molar-refractivity contribution >= 4 is 33.6 Å². The molecule has 1 aromatic heterocycles. The topological polar surface area (TPSA) is 84.2 Å². The zero-order valence-corrected chi connectivity index (χ0v) is 22.5. The molecule has 0 saturated carbocycles. The number of aromatic nitrogens is 2. The summed E-state index contributed by atoms with van der Waals surface area (Å²) in [7, 11) is 0. The maximum absolute atomic E-state index is 14.8. The van der Waals surface area contributed by atoms with Crippen molar-refractivity contribution in [1.82, 2.24) is 15.1 Å². The van der Waals surface area contributed by atoms with E-state index in [0.717, 1.165) is 28.0 Å². The van der Waals surface area contributed by atoms with E-state index >= 15 is 0 Å². The number of hydrogen-bond donors (Lipinski definition) is 2. The first kappa shape index (κ1) is 26.8. The predicted octanol–water partition coefficient (Wildman–Crippen LogP) is 7.37. The summed E-state index contributed by atoms with van der Waals surface area (Å²) in [5, 5.41) is 19.6. The summed E-state index contributed by atoms with van der Waals surface area (Å²) in [4.78, 5) is 25.1. The Bertz CT molecular complexity index is 1980. The number of halogens is 2. The van der Waals surface area contributed by atoms with Crippen molar-refractivity contribution in [2.45, 2.75) is 19.5 Å². The Kier molecular flexibility index (Phi) is 6.96.